The lowest BCUT2D eigenvalue weighted by Crippen LogP contribution is -2.51. The van der Waals surface area contributed by atoms with Gasteiger partial charge in [-0.1, -0.05) is 55.3 Å². The highest BCUT2D eigenvalue weighted by Crippen LogP contribution is 2.35. The van der Waals surface area contributed by atoms with Crippen molar-refractivity contribution < 1.29 is 22.8 Å². The van der Waals surface area contributed by atoms with Crippen molar-refractivity contribution in [2.75, 3.05) is 18.1 Å². The number of imide groups is 1. The number of amides is 4. The number of sulfone groups is 1. The van der Waals surface area contributed by atoms with E-state index in [4.69, 9.17) is 0 Å². The largest absolute Gasteiger partial charge is 0.334 e. The Kier molecular flexibility index (Phi) is 5.62. The zero-order valence-corrected chi connectivity index (χ0v) is 20.0. The number of urea groups is 1. The molecule has 1 aliphatic carbocycles. The van der Waals surface area contributed by atoms with Crippen molar-refractivity contribution in [3.63, 3.8) is 0 Å². The lowest BCUT2D eigenvalue weighted by molar-refractivity contribution is -0.141. The molecule has 5 rings (SSSR count). The first-order valence-corrected chi connectivity index (χ1v) is 13.7. The smallest absolute Gasteiger partial charge is 0.325 e. The fourth-order valence-electron chi connectivity index (χ4n) is 5.78. The summed E-state index contributed by atoms with van der Waals surface area (Å²) >= 11 is 0. The number of hydrogen-bond acceptors (Lipinski definition) is 5. The normalized spacial score (nSPS) is 26.9. The molecule has 2 heterocycles. The molecule has 180 valence electrons. The van der Waals surface area contributed by atoms with Gasteiger partial charge in [-0.15, -0.1) is 0 Å². The van der Waals surface area contributed by atoms with Gasteiger partial charge in [0.15, 0.2) is 9.84 Å². The number of carbonyl (C=O) groups is 3. The average molecular weight is 484 g/mol. The maximum Gasteiger partial charge on any atom is 0.325 e. The predicted octanol–water partition coefficient (Wildman–Crippen LogP) is 2.57. The van der Waals surface area contributed by atoms with Crippen molar-refractivity contribution in [1.82, 2.24) is 15.1 Å². The van der Waals surface area contributed by atoms with Crippen LogP contribution in [0.15, 0.2) is 42.5 Å². The molecule has 3 aliphatic rings. The quantitative estimate of drug-likeness (QED) is 0.659. The van der Waals surface area contributed by atoms with Crippen LogP contribution in [0.4, 0.5) is 4.79 Å². The van der Waals surface area contributed by atoms with E-state index >= 15 is 0 Å². The van der Waals surface area contributed by atoms with E-state index in [1.165, 1.54) is 0 Å². The molecule has 3 fully saturated rings. The van der Waals surface area contributed by atoms with E-state index in [0.29, 0.717) is 12.0 Å². The van der Waals surface area contributed by atoms with Crippen LogP contribution in [0.25, 0.3) is 10.8 Å². The molecular formula is C25H29N3O5S. The van der Waals surface area contributed by atoms with Gasteiger partial charge >= 0.3 is 6.03 Å². The van der Waals surface area contributed by atoms with Crippen LogP contribution in [0.5, 0.6) is 0 Å². The second-order valence-electron chi connectivity index (χ2n) is 9.77. The number of fused-ring (bicyclic) bond motifs is 1. The first kappa shape index (κ1) is 22.8. The molecule has 8 nitrogen and oxygen atoms in total. The Morgan fingerprint density at radius 3 is 2.47 bits per heavy atom. The zero-order chi connectivity index (χ0) is 24.1. The zero-order valence-electron chi connectivity index (χ0n) is 19.2. The third-order valence-electron chi connectivity index (χ3n) is 7.50. The lowest BCUT2D eigenvalue weighted by Gasteiger charge is -2.35. The van der Waals surface area contributed by atoms with Gasteiger partial charge in [0.1, 0.15) is 12.1 Å². The highest BCUT2D eigenvalue weighted by Gasteiger charge is 2.51. The standard InChI is InChI=1S/C25H29N3O5S/c1-25(21-12-6-8-17-7-2-5-11-20(17)21)23(30)27(24(31)26-25)15-22(29)28(18-9-3-4-10-18)19-13-14-34(32,33)16-19/h2,5-8,11-12,18-19H,3-4,9-10,13-16H2,1H3,(H,26,31)/t19-,25+/m0/s1. The Morgan fingerprint density at radius 1 is 1.06 bits per heavy atom. The minimum absolute atomic E-state index is 0.0454. The third-order valence-corrected chi connectivity index (χ3v) is 9.25. The van der Waals surface area contributed by atoms with E-state index in [-0.39, 0.29) is 23.5 Å². The first-order valence-electron chi connectivity index (χ1n) is 11.8. The first-order chi connectivity index (χ1) is 16.2. The summed E-state index contributed by atoms with van der Waals surface area (Å²) < 4.78 is 24.2. The van der Waals surface area contributed by atoms with Crippen molar-refractivity contribution >= 4 is 38.5 Å². The van der Waals surface area contributed by atoms with Gasteiger partial charge in [0, 0.05) is 12.1 Å². The Bertz CT molecular complexity index is 1270. The van der Waals surface area contributed by atoms with Gasteiger partial charge in [0.25, 0.3) is 5.91 Å². The number of hydrogen-bond donors (Lipinski definition) is 1. The number of benzene rings is 2. The fraction of sp³-hybridized carbons (Fsp3) is 0.480. The molecule has 1 saturated carbocycles. The molecule has 0 radical (unpaired) electrons. The van der Waals surface area contributed by atoms with Crippen molar-refractivity contribution in [2.24, 2.45) is 0 Å². The van der Waals surface area contributed by atoms with Crippen molar-refractivity contribution in [2.45, 2.75) is 56.7 Å². The lowest BCUT2D eigenvalue weighted by atomic mass is 9.88. The molecular weight excluding hydrogens is 454 g/mol. The van der Waals surface area contributed by atoms with Crippen LogP contribution in [0.3, 0.4) is 0 Å². The molecule has 0 spiro atoms. The Balaban J connectivity index is 1.42. The van der Waals surface area contributed by atoms with Crippen LogP contribution in [0.1, 0.15) is 44.6 Å². The van der Waals surface area contributed by atoms with E-state index in [1.807, 2.05) is 42.5 Å². The summed E-state index contributed by atoms with van der Waals surface area (Å²) in [5, 5.41) is 4.62. The Labute approximate surface area is 199 Å². The van der Waals surface area contributed by atoms with Gasteiger partial charge in [0.05, 0.1) is 11.5 Å². The van der Waals surface area contributed by atoms with E-state index in [9.17, 15) is 22.8 Å². The van der Waals surface area contributed by atoms with E-state index < -0.39 is 39.9 Å². The summed E-state index contributed by atoms with van der Waals surface area (Å²) in [5.74, 6) is -0.827. The molecule has 2 saturated heterocycles. The van der Waals surface area contributed by atoms with Gasteiger partial charge in [-0.25, -0.2) is 13.2 Å². The molecule has 2 aromatic carbocycles. The molecule has 9 heteroatoms. The second kappa shape index (κ2) is 8.37. The summed E-state index contributed by atoms with van der Waals surface area (Å²) in [6.07, 6.45) is 4.00. The van der Waals surface area contributed by atoms with Crippen LogP contribution in [0, 0.1) is 0 Å². The number of nitrogens with one attached hydrogen (secondary N) is 1. The highest BCUT2D eigenvalue weighted by molar-refractivity contribution is 7.91. The van der Waals surface area contributed by atoms with Gasteiger partial charge < -0.3 is 10.2 Å². The minimum atomic E-state index is -3.18. The highest BCUT2D eigenvalue weighted by atomic mass is 32.2. The maximum absolute atomic E-state index is 13.6. The van der Waals surface area contributed by atoms with Gasteiger partial charge in [-0.2, -0.15) is 0 Å². The maximum atomic E-state index is 13.6. The molecule has 1 N–H and O–H groups in total. The van der Waals surface area contributed by atoms with Crippen molar-refractivity contribution in [3.05, 3.63) is 48.0 Å². The summed E-state index contributed by atoms with van der Waals surface area (Å²) in [6, 6.07) is 12.2. The molecule has 2 aliphatic heterocycles. The molecule has 2 atom stereocenters. The van der Waals surface area contributed by atoms with Crippen LogP contribution >= 0.6 is 0 Å². The molecule has 0 bridgehead atoms. The van der Waals surface area contributed by atoms with E-state index in [0.717, 1.165) is 41.4 Å². The van der Waals surface area contributed by atoms with Crippen LogP contribution < -0.4 is 5.32 Å². The summed E-state index contributed by atoms with van der Waals surface area (Å²) in [4.78, 5) is 42.6. The van der Waals surface area contributed by atoms with Crippen LogP contribution in [-0.2, 0) is 25.0 Å². The molecule has 0 aromatic heterocycles. The molecule has 4 amide bonds. The van der Waals surface area contributed by atoms with Gasteiger partial charge in [-0.3, -0.25) is 14.5 Å². The number of nitrogens with zero attached hydrogens (tertiary/aromatic N) is 2. The van der Waals surface area contributed by atoms with Gasteiger partial charge in [-0.05, 0) is 42.5 Å². The summed E-state index contributed by atoms with van der Waals surface area (Å²) in [6.45, 7) is 1.27. The summed E-state index contributed by atoms with van der Waals surface area (Å²) in [5.41, 5.74) is -0.624. The number of rotatable bonds is 5. The average Bonchev–Trinajstić information content (AvgIpc) is 3.50. The van der Waals surface area contributed by atoms with Crippen LogP contribution in [-0.4, -0.2) is 66.2 Å². The molecule has 34 heavy (non-hydrogen) atoms. The summed E-state index contributed by atoms with van der Waals surface area (Å²) in [7, 11) is -3.18. The van der Waals surface area contributed by atoms with E-state index in [2.05, 4.69) is 5.32 Å². The minimum Gasteiger partial charge on any atom is -0.334 e. The SMILES string of the molecule is C[C@]1(c2cccc3ccccc23)NC(=O)N(CC(=O)N(C2CCCC2)[C@H]2CCS(=O)(=O)C2)C1=O. The predicted molar refractivity (Wildman–Crippen MR) is 128 cm³/mol. The molecule has 0 unspecified atom stereocenters. The second-order valence-corrected chi connectivity index (χ2v) is 12.0. The topological polar surface area (TPSA) is 104 Å². The van der Waals surface area contributed by atoms with Crippen molar-refractivity contribution in [3.8, 4) is 0 Å². The fourth-order valence-corrected chi connectivity index (χ4v) is 7.50. The number of carbonyl (C=O) groups excluding carboxylic acids is 3. The van der Waals surface area contributed by atoms with Gasteiger partial charge in [0.2, 0.25) is 5.91 Å². The van der Waals surface area contributed by atoms with E-state index in [1.54, 1.807) is 11.8 Å². The Morgan fingerprint density at radius 2 is 1.76 bits per heavy atom. The Hall–Kier alpha value is -2.94. The third kappa shape index (κ3) is 3.85. The van der Waals surface area contributed by atoms with Crippen molar-refractivity contribution in [1.29, 1.82) is 0 Å². The molecule has 2 aromatic rings. The van der Waals surface area contributed by atoms with Crippen LogP contribution in [0.2, 0.25) is 0 Å². The monoisotopic (exact) mass is 483 g/mol.